The van der Waals surface area contributed by atoms with Gasteiger partial charge in [-0.3, -0.25) is 9.59 Å². The van der Waals surface area contributed by atoms with E-state index in [4.69, 9.17) is 4.42 Å². The molecule has 0 aliphatic heterocycles. The zero-order valence-corrected chi connectivity index (χ0v) is 15.4. The summed E-state index contributed by atoms with van der Waals surface area (Å²) >= 11 is 1.45. The molecule has 0 aromatic carbocycles. The Labute approximate surface area is 159 Å². The summed E-state index contributed by atoms with van der Waals surface area (Å²) in [4.78, 5) is 36.3. The summed E-state index contributed by atoms with van der Waals surface area (Å²) < 4.78 is 7.08. The second kappa shape index (κ2) is 8.99. The highest BCUT2D eigenvalue weighted by Gasteiger charge is 2.15. The van der Waals surface area contributed by atoms with Gasteiger partial charge in [0.1, 0.15) is 11.5 Å². The highest BCUT2D eigenvalue weighted by molar-refractivity contribution is 8.01. The summed E-state index contributed by atoms with van der Waals surface area (Å²) in [6, 6.07) is 0. The van der Waals surface area contributed by atoms with E-state index in [0.29, 0.717) is 30.1 Å². The molecule has 2 amide bonds. The highest BCUT2D eigenvalue weighted by atomic mass is 32.2. The molecule has 3 aromatic heterocycles. The molecular formula is C17H18N6O3S. The number of hydrogen-bond acceptors (Lipinski definition) is 7. The molecule has 9 nitrogen and oxygen atoms in total. The molecule has 0 aliphatic carbocycles. The third kappa shape index (κ3) is 4.73. The number of aromatic nitrogens is 4. The Kier molecular flexibility index (Phi) is 6.21. The van der Waals surface area contributed by atoms with Crippen LogP contribution < -0.4 is 10.6 Å². The molecule has 0 saturated carbocycles. The molecular weight excluding hydrogens is 368 g/mol. The number of amides is 2. The van der Waals surface area contributed by atoms with Crippen LogP contribution in [0.1, 0.15) is 21.9 Å². The Bertz CT molecular complexity index is 964. The van der Waals surface area contributed by atoms with Crippen molar-refractivity contribution < 1.29 is 14.0 Å². The van der Waals surface area contributed by atoms with Gasteiger partial charge in [-0.05, 0) is 11.7 Å². The lowest BCUT2D eigenvalue weighted by atomic mass is 10.2. The Morgan fingerprint density at radius 1 is 1.22 bits per heavy atom. The fourth-order valence-electron chi connectivity index (χ4n) is 2.39. The fourth-order valence-corrected chi connectivity index (χ4v) is 2.65. The number of oxazole rings is 1. The lowest BCUT2D eigenvalue weighted by Crippen LogP contribution is -2.26. The van der Waals surface area contributed by atoms with Crippen LogP contribution in [0.5, 0.6) is 0 Å². The average Bonchev–Trinajstić information content (AvgIpc) is 3.33. The largest absolute Gasteiger partial charge is 0.448 e. The lowest BCUT2D eigenvalue weighted by Gasteiger charge is -2.06. The van der Waals surface area contributed by atoms with Crippen molar-refractivity contribution in [2.45, 2.75) is 13.0 Å². The van der Waals surface area contributed by atoms with Gasteiger partial charge in [-0.15, -0.1) is 11.8 Å². The molecule has 3 aromatic rings. The normalized spacial score (nSPS) is 11.1. The van der Waals surface area contributed by atoms with Gasteiger partial charge in [-0.1, -0.05) is 0 Å². The van der Waals surface area contributed by atoms with Crippen molar-refractivity contribution in [1.82, 2.24) is 30.0 Å². The van der Waals surface area contributed by atoms with Crippen molar-refractivity contribution >= 4 is 29.2 Å². The molecule has 2 N–H and O–H groups in total. The lowest BCUT2D eigenvalue weighted by molar-refractivity contribution is -0.116. The monoisotopic (exact) mass is 386 g/mol. The van der Waals surface area contributed by atoms with Crippen LogP contribution in [0, 0.1) is 0 Å². The average molecular weight is 386 g/mol. The Balaban J connectivity index is 1.55. The van der Waals surface area contributed by atoms with E-state index in [9.17, 15) is 9.59 Å². The van der Waals surface area contributed by atoms with E-state index < -0.39 is 0 Å². The second-order valence-corrected chi connectivity index (χ2v) is 6.16. The summed E-state index contributed by atoms with van der Waals surface area (Å²) in [7, 11) is 0. The number of nitrogens with one attached hydrogen (secondary N) is 2. The van der Waals surface area contributed by atoms with Crippen molar-refractivity contribution in [3.8, 4) is 0 Å². The quantitative estimate of drug-likeness (QED) is 0.559. The number of nitrogens with zero attached hydrogens (tertiary/aromatic N) is 4. The van der Waals surface area contributed by atoms with Gasteiger partial charge in [0.2, 0.25) is 5.91 Å². The molecule has 140 valence electrons. The van der Waals surface area contributed by atoms with Crippen LogP contribution in [0.25, 0.3) is 5.65 Å². The number of thioether (sulfide) groups is 1. The number of carbonyl (C=O) groups excluding carboxylic acids is 2. The van der Waals surface area contributed by atoms with Gasteiger partial charge in [0.25, 0.3) is 5.91 Å². The van der Waals surface area contributed by atoms with Gasteiger partial charge in [-0.2, -0.15) is 0 Å². The van der Waals surface area contributed by atoms with Crippen molar-refractivity contribution in [2.75, 3.05) is 12.8 Å². The van der Waals surface area contributed by atoms with E-state index in [1.807, 2.05) is 6.26 Å². The number of hydrogen-bond donors (Lipinski definition) is 2. The molecule has 27 heavy (non-hydrogen) atoms. The summed E-state index contributed by atoms with van der Waals surface area (Å²) in [5.74, 6) is 0.0882. The summed E-state index contributed by atoms with van der Waals surface area (Å²) in [5.41, 5.74) is 1.32. The van der Waals surface area contributed by atoms with Crippen LogP contribution >= 0.6 is 11.8 Å². The predicted octanol–water partition coefficient (Wildman–Crippen LogP) is 1.18. The van der Waals surface area contributed by atoms with Gasteiger partial charge >= 0.3 is 0 Å². The molecule has 0 radical (unpaired) electrons. The number of carbonyl (C=O) groups is 2. The zero-order chi connectivity index (χ0) is 19.1. The molecule has 0 atom stereocenters. The first-order valence-electron chi connectivity index (χ1n) is 8.13. The highest BCUT2D eigenvalue weighted by Crippen LogP contribution is 2.09. The molecule has 3 rings (SSSR count). The number of fused-ring (bicyclic) bond motifs is 1. The molecule has 0 bridgehead atoms. The maximum Gasteiger partial charge on any atom is 0.274 e. The van der Waals surface area contributed by atoms with Crippen LogP contribution in [0.15, 0.2) is 47.1 Å². The smallest absolute Gasteiger partial charge is 0.274 e. The van der Waals surface area contributed by atoms with E-state index in [2.05, 4.69) is 25.6 Å². The summed E-state index contributed by atoms with van der Waals surface area (Å²) in [5, 5.41) is 7.24. The SMILES string of the molecule is CS/C=C/C(=O)NCCc1ocnc1CNC(=O)c1nccn2ccnc12. The Morgan fingerprint density at radius 2 is 2.04 bits per heavy atom. The first kappa shape index (κ1) is 18.6. The van der Waals surface area contributed by atoms with Crippen molar-refractivity contribution in [3.05, 3.63) is 59.8 Å². The Morgan fingerprint density at radius 3 is 2.85 bits per heavy atom. The van der Waals surface area contributed by atoms with Gasteiger partial charge in [0.15, 0.2) is 17.7 Å². The Hall–Kier alpha value is -3.14. The molecule has 0 unspecified atom stereocenters. The first-order chi connectivity index (χ1) is 13.2. The maximum absolute atomic E-state index is 12.4. The van der Waals surface area contributed by atoms with Gasteiger partial charge in [0.05, 0.1) is 6.54 Å². The van der Waals surface area contributed by atoms with E-state index in [-0.39, 0.29) is 24.1 Å². The molecule has 0 saturated heterocycles. The van der Waals surface area contributed by atoms with Gasteiger partial charge in [-0.25, -0.2) is 15.0 Å². The second-order valence-electron chi connectivity index (χ2n) is 5.42. The van der Waals surface area contributed by atoms with Crippen molar-refractivity contribution in [3.63, 3.8) is 0 Å². The van der Waals surface area contributed by atoms with Crippen LogP contribution in [0.2, 0.25) is 0 Å². The van der Waals surface area contributed by atoms with Crippen LogP contribution in [0.3, 0.4) is 0 Å². The van der Waals surface area contributed by atoms with Crippen LogP contribution in [0.4, 0.5) is 0 Å². The first-order valence-corrected chi connectivity index (χ1v) is 9.42. The van der Waals surface area contributed by atoms with Crippen molar-refractivity contribution in [2.24, 2.45) is 0 Å². The topological polar surface area (TPSA) is 114 Å². The van der Waals surface area contributed by atoms with E-state index in [1.165, 1.54) is 24.2 Å². The third-order valence-corrected chi connectivity index (χ3v) is 4.08. The van der Waals surface area contributed by atoms with Crippen molar-refractivity contribution in [1.29, 1.82) is 0 Å². The molecule has 3 heterocycles. The number of imidazole rings is 1. The van der Waals surface area contributed by atoms with E-state index >= 15 is 0 Å². The minimum Gasteiger partial charge on any atom is -0.448 e. The molecule has 10 heteroatoms. The molecule has 0 aliphatic rings. The van der Waals surface area contributed by atoms with Crippen LogP contribution in [-0.4, -0.2) is 44.0 Å². The minimum atomic E-state index is -0.351. The van der Waals surface area contributed by atoms with Crippen LogP contribution in [-0.2, 0) is 17.8 Å². The molecule has 0 spiro atoms. The predicted molar refractivity (Wildman–Crippen MR) is 100 cm³/mol. The standard InChI is InChI=1S/C17H18N6O3S/c1-27-9-3-14(24)18-4-2-13-12(22-11-26-13)10-21-17(25)15-16-20-6-8-23(16)7-5-19-15/h3,5-9,11H,2,4,10H2,1H3,(H,18,24)(H,21,25)/b9-3+. The van der Waals surface area contributed by atoms with E-state index in [0.717, 1.165) is 0 Å². The maximum atomic E-state index is 12.4. The minimum absolute atomic E-state index is 0.169. The third-order valence-electron chi connectivity index (χ3n) is 3.67. The zero-order valence-electron chi connectivity index (χ0n) is 14.6. The van der Waals surface area contributed by atoms with Gasteiger partial charge in [0, 0.05) is 43.8 Å². The number of rotatable bonds is 8. The molecule has 0 fully saturated rings. The summed E-state index contributed by atoms with van der Waals surface area (Å²) in [6.07, 6.45) is 11.7. The summed E-state index contributed by atoms with van der Waals surface area (Å²) in [6.45, 7) is 0.594. The van der Waals surface area contributed by atoms with Gasteiger partial charge < -0.3 is 19.5 Å². The van der Waals surface area contributed by atoms with E-state index in [1.54, 1.807) is 34.6 Å². The fraction of sp³-hybridized carbons (Fsp3) is 0.235.